The van der Waals surface area contributed by atoms with Crippen LogP contribution in [0.5, 0.6) is 0 Å². The predicted octanol–water partition coefficient (Wildman–Crippen LogP) is 3.65. The first-order valence-electron chi connectivity index (χ1n) is 8.44. The minimum atomic E-state index is -0.991. The van der Waals surface area contributed by atoms with Gasteiger partial charge in [-0.05, 0) is 17.4 Å². The highest BCUT2D eigenvalue weighted by atomic mass is 16.4. The SMILES string of the molecule is CC(C)CCCC(C)CC(=O)NC(Cc1ccccc1)C(=O)O. The molecular formula is C19H29NO3. The Kier molecular flexibility index (Phi) is 8.38. The van der Waals surface area contributed by atoms with Crippen molar-refractivity contribution in [1.29, 1.82) is 0 Å². The number of benzene rings is 1. The predicted molar refractivity (Wildman–Crippen MR) is 92.2 cm³/mol. The van der Waals surface area contributed by atoms with Gasteiger partial charge < -0.3 is 10.4 Å². The molecule has 0 aliphatic heterocycles. The molecule has 1 aromatic rings. The molecule has 0 saturated heterocycles. The molecule has 0 radical (unpaired) electrons. The molecule has 4 heteroatoms. The Bertz CT molecular complexity index is 485. The quantitative estimate of drug-likeness (QED) is 0.692. The number of rotatable bonds is 10. The first kappa shape index (κ1) is 19.2. The summed E-state index contributed by atoms with van der Waals surface area (Å²) in [5.41, 5.74) is 0.908. The fourth-order valence-corrected chi connectivity index (χ4v) is 2.60. The maximum absolute atomic E-state index is 12.1. The Morgan fingerprint density at radius 2 is 1.74 bits per heavy atom. The molecule has 0 bridgehead atoms. The van der Waals surface area contributed by atoms with E-state index in [1.807, 2.05) is 37.3 Å². The monoisotopic (exact) mass is 319 g/mol. The lowest BCUT2D eigenvalue weighted by Crippen LogP contribution is -2.42. The Morgan fingerprint density at radius 1 is 1.09 bits per heavy atom. The lowest BCUT2D eigenvalue weighted by atomic mass is 9.96. The van der Waals surface area contributed by atoms with Gasteiger partial charge in [0.15, 0.2) is 0 Å². The van der Waals surface area contributed by atoms with Crippen molar-refractivity contribution < 1.29 is 14.7 Å². The van der Waals surface area contributed by atoms with Crippen LogP contribution in [-0.2, 0) is 16.0 Å². The average Bonchev–Trinajstić information content (AvgIpc) is 2.47. The van der Waals surface area contributed by atoms with Gasteiger partial charge in [0, 0.05) is 12.8 Å². The molecule has 23 heavy (non-hydrogen) atoms. The second-order valence-electron chi connectivity index (χ2n) is 6.78. The summed E-state index contributed by atoms with van der Waals surface area (Å²) in [6.45, 7) is 6.43. The molecule has 2 atom stereocenters. The second-order valence-corrected chi connectivity index (χ2v) is 6.78. The highest BCUT2D eigenvalue weighted by Crippen LogP contribution is 2.15. The fourth-order valence-electron chi connectivity index (χ4n) is 2.60. The summed E-state index contributed by atoms with van der Waals surface area (Å²) in [5, 5.41) is 12.0. The number of aliphatic carboxylic acids is 1. The number of carboxylic acid groups (broad SMARTS) is 1. The number of nitrogens with one attached hydrogen (secondary N) is 1. The van der Waals surface area contributed by atoms with Crippen LogP contribution in [0.3, 0.4) is 0 Å². The first-order chi connectivity index (χ1) is 10.9. The molecule has 0 aliphatic carbocycles. The fraction of sp³-hybridized carbons (Fsp3) is 0.579. The Balaban J connectivity index is 2.43. The second kappa shape index (κ2) is 10.0. The first-order valence-corrected chi connectivity index (χ1v) is 8.44. The Labute approximate surface area is 139 Å². The van der Waals surface area contributed by atoms with Gasteiger partial charge in [0.05, 0.1) is 0 Å². The van der Waals surface area contributed by atoms with Crippen LogP contribution in [0.1, 0.15) is 52.0 Å². The standard InChI is InChI=1S/C19H29NO3/c1-14(2)8-7-9-15(3)12-18(21)20-17(19(22)23)13-16-10-5-4-6-11-16/h4-6,10-11,14-15,17H,7-9,12-13H2,1-3H3,(H,20,21)(H,22,23). The van der Waals surface area contributed by atoms with Crippen LogP contribution in [0.2, 0.25) is 0 Å². The van der Waals surface area contributed by atoms with Crippen LogP contribution in [0.4, 0.5) is 0 Å². The van der Waals surface area contributed by atoms with Crippen molar-refractivity contribution in [2.45, 2.75) is 58.9 Å². The van der Waals surface area contributed by atoms with E-state index in [1.54, 1.807) is 0 Å². The molecule has 2 N–H and O–H groups in total. The molecular weight excluding hydrogens is 290 g/mol. The number of amides is 1. The van der Waals surface area contributed by atoms with Crippen molar-refractivity contribution in [2.24, 2.45) is 11.8 Å². The number of carbonyl (C=O) groups is 2. The zero-order chi connectivity index (χ0) is 17.2. The zero-order valence-corrected chi connectivity index (χ0v) is 14.4. The Hall–Kier alpha value is -1.84. The lowest BCUT2D eigenvalue weighted by Gasteiger charge is -2.17. The van der Waals surface area contributed by atoms with E-state index in [0.29, 0.717) is 18.8 Å². The van der Waals surface area contributed by atoms with Crippen LogP contribution in [0.25, 0.3) is 0 Å². The molecule has 1 aromatic carbocycles. The topological polar surface area (TPSA) is 66.4 Å². The third-order valence-corrected chi connectivity index (χ3v) is 3.93. The number of carboxylic acids is 1. The van der Waals surface area contributed by atoms with Crippen LogP contribution >= 0.6 is 0 Å². The van der Waals surface area contributed by atoms with Gasteiger partial charge in [0.25, 0.3) is 0 Å². The van der Waals surface area contributed by atoms with Crippen molar-refractivity contribution in [1.82, 2.24) is 5.32 Å². The third kappa shape index (κ3) is 8.38. The molecule has 128 valence electrons. The molecule has 0 fully saturated rings. The molecule has 0 heterocycles. The molecule has 2 unspecified atom stereocenters. The smallest absolute Gasteiger partial charge is 0.326 e. The summed E-state index contributed by atoms with van der Waals surface area (Å²) in [7, 11) is 0. The maximum Gasteiger partial charge on any atom is 0.326 e. The summed E-state index contributed by atoms with van der Waals surface area (Å²) >= 11 is 0. The number of hydrogen-bond acceptors (Lipinski definition) is 2. The molecule has 4 nitrogen and oxygen atoms in total. The van der Waals surface area contributed by atoms with Crippen LogP contribution in [-0.4, -0.2) is 23.0 Å². The van der Waals surface area contributed by atoms with Gasteiger partial charge in [-0.25, -0.2) is 4.79 Å². The summed E-state index contributed by atoms with van der Waals surface area (Å²) in [5.74, 6) is -0.210. The van der Waals surface area contributed by atoms with Gasteiger partial charge in [0.2, 0.25) is 5.91 Å². The minimum Gasteiger partial charge on any atom is -0.480 e. The van der Waals surface area contributed by atoms with Crippen molar-refractivity contribution in [3.05, 3.63) is 35.9 Å². The van der Waals surface area contributed by atoms with Gasteiger partial charge in [-0.15, -0.1) is 0 Å². The van der Waals surface area contributed by atoms with E-state index < -0.39 is 12.0 Å². The summed E-state index contributed by atoms with van der Waals surface area (Å²) in [6, 6.07) is 8.50. The molecule has 1 amide bonds. The molecule has 0 aliphatic rings. The molecule has 0 aromatic heterocycles. The number of carbonyl (C=O) groups excluding carboxylic acids is 1. The molecule has 1 rings (SSSR count). The van der Waals surface area contributed by atoms with Crippen LogP contribution in [0.15, 0.2) is 30.3 Å². The van der Waals surface area contributed by atoms with Crippen molar-refractivity contribution in [2.75, 3.05) is 0 Å². The minimum absolute atomic E-state index is 0.176. The van der Waals surface area contributed by atoms with Crippen LogP contribution < -0.4 is 5.32 Å². The van der Waals surface area contributed by atoms with E-state index in [4.69, 9.17) is 0 Å². The summed E-state index contributed by atoms with van der Waals surface area (Å²) in [4.78, 5) is 23.4. The third-order valence-electron chi connectivity index (χ3n) is 3.93. The molecule has 0 spiro atoms. The highest BCUT2D eigenvalue weighted by molar-refractivity contribution is 5.83. The van der Waals surface area contributed by atoms with Gasteiger partial charge in [0.1, 0.15) is 6.04 Å². The van der Waals surface area contributed by atoms with Crippen molar-refractivity contribution in [3.63, 3.8) is 0 Å². The lowest BCUT2D eigenvalue weighted by molar-refractivity contribution is -0.141. The maximum atomic E-state index is 12.1. The normalized spacial score (nSPS) is 13.6. The Morgan fingerprint density at radius 3 is 2.30 bits per heavy atom. The van der Waals surface area contributed by atoms with E-state index in [-0.39, 0.29) is 11.8 Å². The number of hydrogen-bond donors (Lipinski definition) is 2. The average molecular weight is 319 g/mol. The summed E-state index contributed by atoms with van der Waals surface area (Å²) in [6.07, 6.45) is 3.97. The van der Waals surface area contributed by atoms with E-state index in [2.05, 4.69) is 19.2 Å². The van der Waals surface area contributed by atoms with Gasteiger partial charge >= 0.3 is 5.97 Å². The van der Waals surface area contributed by atoms with Gasteiger partial charge in [-0.3, -0.25) is 4.79 Å². The van der Waals surface area contributed by atoms with E-state index >= 15 is 0 Å². The van der Waals surface area contributed by atoms with Crippen molar-refractivity contribution in [3.8, 4) is 0 Å². The van der Waals surface area contributed by atoms with Crippen molar-refractivity contribution >= 4 is 11.9 Å². The van der Waals surface area contributed by atoms with E-state index in [1.165, 1.54) is 0 Å². The van der Waals surface area contributed by atoms with Gasteiger partial charge in [-0.1, -0.05) is 70.4 Å². The van der Waals surface area contributed by atoms with E-state index in [9.17, 15) is 14.7 Å². The van der Waals surface area contributed by atoms with E-state index in [0.717, 1.165) is 24.8 Å². The summed E-state index contributed by atoms with van der Waals surface area (Å²) < 4.78 is 0. The largest absolute Gasteiger partial charge is 0.480 e. The zero-order valence-electron chi connectivity index (χ0n) is 14.4. The highest BCUT2D eigenvalue weighted by Gasteiger charge is 2.21. The molecule has 0 saturated carbocycles. The van der Waals surface area contributed by atoms with Gasteiger partial charge in [-0.2, -0.15) is 0 Å². The van der Waals surface area contributed by atoms with Crippen LogP contribution in [0, 0.1) is 11.8 Å².